The first kappa shape index (κ1) is 12.1. The normalized spacial score (nSPS) is 11.1. The quantitative estimate of drug-likeness (QED) is 0.735. The minimum absolute atomic E-state index is 0.751. The molecular formula is C13H15N5S. The van der Waals surface area contributed by atoms with Crippen molar-refractivity contribution < 1.29 is 0 Å². The van der Waals surface area contributed by atoms with Crippen molar-refractivity contribution in [3.05, 3.63) is 40.2 Å². The lowest BCUT2D eigenvalue weighted by atomic mass is 10.3. The van der Waals surface area contributed by atoms with E-state index in [9.17, 15) is 0 Å². The van der Waals surface area contributed by atoms with Crippen LogP contribution in [0, 0.1) is 13.8 Å². The maximum Gasteiger partial charge on any atom is 0.154 e. The zero-order chi connectivity index (χ0) is 13.4. The number of aryl methyl sites for hydroxylation is 2. The highest BCUT2D eigenvalue weighted by Gasteiger charge is 2.11. The Balaban J connectivity index is 1.94. The Hall–Kier alpha value is -1.95. The van der Waals surface area contributed by atoms with Crippen LogP contribution in [-0.2, 0) is 6.54 Å². The highest BCUT2D eigenvalue weighted by Crippen LogP contribution is 2.20. The van der Waals surface area contributed by atoms with Crippen molar-refractivity contribution in [2.24, 2.45) is 0 Å². The van der Waals surface area contributed by atoms with E-state index in [0.29, 0.717) is 0 Å². The molecule has 0 unspecified atom stereocenters. The molecule has 0 saturated carbocycles. The lowest BCUT2D eigenvalue weighted by Gasteiger charge is -2.17. The molecule has 3 aromatic heterocycles. The number of rotatable bonds is 3. The summed E-state index contributed by atoms with van der Waals surface area (Å²) >= 11 is 1.67. The van der Waals surface area contributed by atoms with Gasteiger partial charge in [0.1, 0.15) is 5.52 Å². The second-order valence-electron chi connectivity index (χ2n) is 4.58. The van der Waals surface area contributed by atoms with Crippen LogP contribution in [0.5, 0.6) is 0 Å². The summed E-state index contributed by atoms with van der Waals surface area (Å²) in [7, 11) is 2.03. The molecular weight excluding hydrogens is 258 g/mol. The molecule has 0 aliphatic rings. The zero-order valence-electron chi connectivity index (χ0n) is 11.2. The van der Waals surface area contributed by atoms with E-state index in [-0.39, 0.29) is 0 Å². The summed E-state index contributed by atoms with van der Waals surface area (Å²) in [5.74, 6) is 0.925. The summed E-state index contributed by atoms with van der Waals surface area (Å²) < 4.78 is 1.86. The summed E-state index contributed by atoms with van der Waals surface area (Å²) in [6.07, 6.45) is 3.64. The summed E-state index contributed by atoms with van der Waals surface area (Å²) in [4.78, 5) is 11.1. The topological polar surface area (TPSA) is 46.3 Å². The van der Waals surface area contributed by atoms with Gasteiger partial charge in [-0.25, -0.2) is 14.5 Å². The summed E-state index contributed by atoms with van der Waals surface area (Å²) in [5, 5.41) is 7.59. The van der Waals surface area contributed by atoms with Gasteiger partial charge in [0.2, 0.25) is 0 Å². The number of hydrogen-bond donors (Lipinski definition) is 0. The average Bonchev–Trinajstić information content (AvgIpc) is 2.93. The van der Waals surface area contributed by atoms with Crippen molar-refractivity contribution in [3.8, 4) is 0 Å². The van der Waals surface area contributed by atoms with Crippen LogP contribution in [0.1, 0.15) is 16.4 Å². The number of nitrogens with zero attached hydrogens (tertiary/aromatic N) is 5. The SMILES string of the molecule is Cc1cc2c(N(C)Cc3csc(C)n3)nccn2n1. The smallest absolute Gasteiger partial charge is 0.154 e. The Bertz CT molecular complexity index is 715. The van der Waals surface area contributed by atoms with Crippen molar-refractivity contribution in [1.82, 2.24) is 19.6 Å². The van der Waals surface area contributed by atoms with Crippen LogP contribution in [-0.4, -0.2) is 26.6 Å². The second kappa shape index (κ2) is 4.62. The lowest BCUT2D eigenvalue weighted by molar-refractivity contribution is 0.854. The van der Waals surface area contributed by atoms with Gasteiger partial charge in [0.15, 0.2) is 5.82 Å². The lowest BCUT2D eigenvalue weighted by Crippen LogP contribution is -2.18. The van der Waals surface area contributed by atoms with Crippen LogP contribution < -0.4 is 4.90 Å². The monoisotopic (exact) mass is 273 g/mol. The van der Waals surface area contributed by atoms with E-state index < -0.39 is 0 Å². The molecule has 0 saturated heterocycles. The fraction of sp³-hybridized carbons (Fsp3) is 0.308. The number of anilines is 1. The Morgan fingerprint density at radius 1 is 1.37 bits per heavy atom. The molecule has 3 rings (SSSR count). The van der Waals surface area contributed by atoms with Gasteiger partial charge in [0.25, 0.3) is 0 Å². The van der Waals surface area contributed by atoms with Crippen LogP contribution in [0.3, 0.4) is 0 Å². The third-order valence-corrected chi connectivity index (χ3v) is 3.74. The molecule has 3 heterocycles. The fourth-order valence-corrected chi connectivity index (χ4v) is 2.73. The summed E-state index contributed by atoms with van der Waals surface area (Å²) in [5.41, 5.74) is 3.09. The maximum atomic E-state index is 4.49. The van der Waals surface area contributed by atoms with E-state index >= 15 is 0 Å². The first-order valence-corrected chi connectivity index (χ1v) is 6.94. The molecule has 0 atom stereocenters. The fourth-order valence-electron chi connectivity index (χ4n) is 2.12. The standard InChI is InChI=1S/C13H15N5S/c1-9-6-12-13(14-4-5-18(12)16-9)17(3)7-11-8-19-10(2)15-11/h4-6,8H,7H2,1-3H3. The van der Waals surface area contributed by atoms with E-state index in [1.165, 1.54) is 0 Å². The van der Waals surface area contributed by atoms with Crippen LogP contribution in [0.25, 0.3) is 5.52 Å². The van der Waals surface area contributed by atoms with Gasteiger partial charge in [-0.05, 0) is 19.9 Å². The van der Waals surface area contributed by atoms with Crippen LogP contribution >= 0.6 is 11.3 Å². The molecule has 0 aliphatic carbocycles. The Morgan fingerprint density at radius 2 is 2.21 bits per heavy atom. The van der Waals surface area contributed by atoms with Crippen molar-refractivity contribution in [2.45, 2.75) is 20.4 Å². The van der Waals surface area contributed by atoms with E-state index in [1.807, 2.05) is 37.7 Å². The van der Waals surface area contributed by atoms with Crippen LogP contribution in [0.2, 0.25) is 0 Å². The van der Waals surface area contributed by atoms with Gasteiger partial charge in [0, 0.05) is 24.8 Å². The molecule has 0 spiro atoms. The first-order valence-electron chi connectivity index (χ1n) is 6.06. The third-order valence-electron chi connectivity index (χ3n) is 2.92. The minimum atomic E-state index is 0.751. The van der Waals surface area contributed by atoms with Crippen molar-refractivity contribution in [1.29, 1.82) is 0 Å². The van der Waals surface area contributed by atoms with E-state index in [1.54, 1.807) is 17.5 Å². The summed E-state index contributed by atoms with van der Waals surface area (Å²) in [6.45, 7) is 4.76. The maximum absolute atomic E-state index is 4.49. The van der Waals surface area contributed by atoms with Crippen molar-refractivity contribution in [3.63, 3.8) is 0 Å². The molecule has 0 aromatic carbocycles. The zero-order valence-corrected chi connectivity index (χ0v) is 12.0. The number of fused-ring (bicyclic) bond motifs is 1. The van der Waals surface area contributed by atoms with E-state index in [0.717, 1.165) is 34.3 Å². The van der Waals surface area contributed by atoms with Gasteiger partial charge in [0.05, 0.1) is 22.9 Å². The molecule has 0 N–H and O–H groups in total. The average molecular weight is 273 g/mol. The first-order chi connectivity index (χ1) is 9.13. The predicted molar refractivity (Wildman–Crippen MR) is 76.7 cm³/mol. The molecule has 19 heavy (non-hydrogen) atoms. The summed E-state index contributed by atoms with van der Waals surface area (Å²) in [6, 6.07) is 2.05. The highest BCUT2D eigenvalue weighted by atomic mass is 32.1. The van der Waals surface area contributed by atoms with Gasteiger partial charge in [-0.3, -0.25) is 0 Å². The molecule has 0 fully saturated rings. The molecule has 98 valence electrons. The molecule has 6 heteroatoms. The van der Waals surface area contributed by atoms with E-state index in [4.69, 9.17) is 0 Å². The Labute approximate surface area is 115 Å². The van der Waals surface area contributed by atoms with Gasteiger partial charge in [-0.15, -0.1) is 11.3 Å². The van der Waals surface area contributed by atoms with Crippen molar-refractivity contribution >= 4 is 22.7 Å². The van der Waals surface area contributed by atoms with Crippen molar-refractivity contribution in [2.75, 3.05) is 11.9 Å². The Kier molecular flexibility index (Phi) is 2.94. The van der Waals surface area contributed by atoms with Gasteiger partial charge in [-0.1, -0.05) is 0 Å². The van der Waals surface area contributed by atoms with Gasteiger partial charge in [-0.2, -0.15) is 5.10 Å². The molecule has 3 aromatic rings. The van der Waals surface area contributed by atoms with Crippen LogP contribution in [0.15, 0.2) is 23.8 Å². The molecule has 0 radical (unpaired) electrons. The minimum Gasteiger partial charge on any atom is -0.352 e. The molecule has 0 amide bonds. The number of hydrogen-bond acceptors (Lipinski definition) is 5. The molecule has 5 nitrogen and oxygen atoms in total. The molecule has 0 bridgehead atoms. The van der Waals surface area contributed by atoms with Gasteiger partial charge >= 0.3 is 0 Å². The number of aromatic nitrogens is 4. The number of thiazole rings is 1. The Morgan fingerprint density at radius 3 is 2.95 bits per heavy atom. The largest absolute Gasteiger partial charge is 0.352 e. The van der Waals surface area contributed by atoms with Gasteiger partial charge < -0.3 is 4.90 Å². The second-order valence-corrected chi connectivity index (χ2v) is 5.64. The highest BCUT2D eigenvalue weighted by molar-refractivity contribution is 7.09. The third kappa shape index (κ3) is 2.31. The molecule has 0 aliphatic heterocycles. The predicted octanol–water partition coefficient (Wildman–Crippen LogP) is 2.44. The van der Waals surface area contributed by atoms with E-state index in [2.05, 4.69) is 25.3 Å². The van der Waals surface area contributed by atoms with Crippen LogP contribution in [0.4, 0.5) is 5.82 Å².